The molecule has 0 amide bonds. The van der Waals surface area contributed by atoms with Crippen LogP contribution < -0.4 is 15.2 Å². The number of nitrogen functional groups attached to an aromatic ring is 1. The Balaban J connectivity index is 3.37. The first-order valence-electron chi connectivity index (χ1n) is 6.75. The standard InChI is InChI=1S/C13H9F12NO2/c1-4-2-5(26)7(28-9(12(20,21)22)13(23,24)25)3-6(4)27-8(10(14,15)16)11(17,18)19/h2-3,8-9H,26H2,1H3. The Kier molecular flexibility index (Phi) is 6.22. The van der Waals surface area contributed by atoms with Crippen molar-refractivity contribution in [2.45, 2.75) is 43.8 Å². The molecule has 0 unspecified atom stereocenters. The van der Waals surface area contributed by atoms with Gasteiger partial charge in [-0.25, -0.2) is 0 Å². The van der Waals surface area contributed by atoms with Crippen LogP contribution in [0.4, 0.5) is 58.4 Å². The highest BCUT2D eigenvalue weighted by molar-refractivity contribution is 5.59. The fourth-order valence-electron chi connectivity index (χ4n) is 1.81. The number of hydrogen-bond acceptors (Lipinski definition) is 3. The Labute approximate surface area is 148 Å². The van der Waals surface area contributed by atoms with Crippen molar-refractivity contribution in [3.63, 3.8) is 0 Å². The van der Waals surface area contributed by atoms with Crippen LogP contribution in [0.25, 0.3) is 0 Å². The van der Waals surface area contributed by atoms with Crippen molar-refractivity contribution in [3.05, 3.63) is 17.7 Å². The van der Waals surface area contributed by atoms with Crippen molar-refractivity contribution in [1.82, 2.24) is 0 Å². The van der Waals surface area contributed by atoms with Crippen LogP contribution in [0, 0.1) is 6.92 Å². The Morgan fingerprint density at radius 2 is 0.964 bits per heavy atom. The molecule has 0 aliphatic rings. The van der Waals surface area contributed by atoms with E-state index in [1.165, 1.54) is 0 Å². The second kappa shape index (κ2) is 7.31. The number of aryl methyl sites for hydroxylation is 1. The molecule has 0 saturated heterocycles. The number of alkyl halides is 12. The average Bonchev–Trinajstić information content (AvgIpc) is 2.39. The van der Waals surface area contributed by atoms with Crippen LogP contribution >= 0.6 is 0 Å². The fraction of sp³-hybridized carbons (Fsp3) is 0.538. The van der Waals surface area contributed by atoms with Crippen LogP contribution in [0.1, 0.15) is 5.56 Å². The number of hydrogen-bond donors (Lipinski definition) is 1. The molecule has 0 bridgehead atoms. The summed E-state index contributed by atoms with van der Waals surface area (Å²) in [6.07, 6.45) is -32.8. The lowest BCUT2D eigenvalue weighted by Gasteiger charge is -2.27. The van der Waals surface area contributed by atoms with E-state index in [1.54, 1.807) is 0 Å². The third-order valence-corrected chi connectivity index (χ3v) is 2.99. The van der Waals surface area contributed by atoms with E-state index in [1.807, 2.05) is 0 Å². The quantitative estimate of drug-likeness (QED) is 0.510. The van der Waals surface area contributed by atoms with Gasteiger partial charge in [-0.05, 0) is 18.6 Å². The molecule has 1 aromatic carbocycles. The predicted octanol–water partition coefficient (Wildman–Crippen LogP) is 5.32. The summed E-state index contributed by atoms with van der Waals surface area (Å²) in [5, 5.41) is 0. The Hall–Kier alpha value is -2.22. The fourth-order valence-corrected chi connectivity index (χ4v) is 1.81. The van der Waals surface area contributed by atoms with Crippen LogP contribution in [-0.4, -0.2) is 36.9 Å². The second-order valence-corrected chi connectivity index (χ2v) is 5.32. The average molecular weight is 439 g/mol. The van der Waals surface area contributed by atoms with Gasteiger partial charge in [0.2, 0.25) is 0 Å². The predicted molar refractivity (Wildman–Crippen MR) is 68.6 cm³/mol. The van der Waals surface area contributed by atoms with Gasteiger partial charge < -0.3 is 15.2 Å². The number of benzene rings is 1. The molecule has 2 N–H and O–H groups in total. The zero-order chi connectivity index (χ0) is 22.3. The minimum absolute atomic E-state index is 0.0143. The van der Waals surface area contributed by atoms with Crippen LogP contribution in [0.2, 0.25) is 0 Å². The van der Waals surface area contributed by atoms with Crippen LogP contribution in [0.3, 0.4) is 0 Å². The minimum Gasteiger partial charge on any atom is -0.471 e. The van der Waals surface area contributed by atoms with Gasteiger partial charge in [0.25, 0.3) is 12.2 Å². The summed E-state index contributed by atoms with van der Waals surface area (Å²) in [6.45, 7) is 0.865. The highest BCUT2D eigenvalue weighted by Gasteiger charge is 2.60. The number of nitrogens with two attached hydrogens (primary N) is 1. The molecular weight excluding hydrogens is 430 g/mol. The van der Waals surface area contributed by atoms with Gasteiger partial charge >= 0.3 is 24.7 Å². The topological polar surface area (TPSA) is 44.5 Å². The molecule has 1 rings (SSSR count). The van der Waals surface area contributed by atoms with E-state index in [2.05, 4.69) is 9.47 Å². The molecule has 162 valence electrons. The Bertz CT molecular complexity index is 606. The summed E-state index contributed by atoms with van der Waals surface area (Å²) in [4.78, 5) is 0. The van der Waals surface area contributed by atoms with Gasteiger partial charge in [-0.2, -0.15) is 52.7 Å². The first-order valence-corrected chi connectivity index (χ1v) is 6.75. The van der Waals surface area contributed by atoms with Gasteiger partial charge in [0.05, 0.1) is 5.69 Å². The lowest BCUT2D eigenvalue weighted by molar-refractivity contribution is -0.300. The highest BCUT2D eigenvalue weighted by Crippen LogP contribution is 2.42. The first kappa shape index (κ1) is 23.8. The molecule has 0 saturated carbocycles. The van der Waals surface area contributed by atoms with Crippen molar-refractivity contribution in [2.24, 2.45) is 0 Å². The molecule has 0 heterocycles. The molecule has 0 aliphatic heterocycles. The van der Waals surface area contributed by atoms with Crippen molar-refractivity contribution >= 4 is 5.69 Å². The molecule has 28 heavy (non-hydrogen) atoms. The second-order valence-electron chi connectivity index (χ2n) is 5.32. The molecule has 0 radical (unpaired) electrons. The summed E-state index contributed by atoms with van der Waals surface area (Å²) in [7, 11) is 0. The van der Waals surface area contributed by atoms with Crippen molar-refractivity contribution in [1.29, 1.82) is 0 Å². The molecular formula is C13H9F12NO2. The molecule has 0 aromatic heterocycles. The number of ether oxygens (including phenoxy) is 2. The van der Waals surface area contributed by atoms with Crippen LogP contribution in [0.15, 0.2) is 12.1 Å². The van der Waals surface area contributed by atoms with Crippen molar-refractivity contribution in [3.8, 4) is 11.5 Å². The van der Waals surface area contributed by atoms with Gasteiger partial charge in [0, 0.05) is 6.07 Å². The van der Waals surface area contributed by atoms with E-state index in [0.717, 1.165) is 6.92 Å². The number of halogens is 12. The Morgan fingerprint density at radius 3 is 1.29 bits per heavy atom. The normalized spacial score (nSPS) is 14.0. The third-order valence-electron chi connectivity index (χ3n) is 2.99. The summed E-state index contributed by atoms with van der Waals surface area (Å²) >= 11 is 0. The molecule has 0 spiro atoms. The summed E-state index contributed by atoms with van der Waals surface area (Å²) < 4.78 is 158. The molecule has 0 atom stereocenters. The van der Waals surface area contributed by atoms with Gasteiger partial charge in [0.1, 0.15) is 11.5 Å². The highest BCUT2D eigenvalue weighted by atomic mass is 19.4. The lowest BCUT2D eigenvalue weighted by Crippen LogP contribution is -2.47. The Morgan fingerprint density at radius 1 is 0.643 bits per heavy atom. The number of anilines is 1. The summed E-state index contributed by atoms with van der Waals surface area (Å²) in [5.41, 5.74) is 3.74. The molecule has 15 heteroatoms. The zero-order valence-corrected chi connectivity index (χ0v) is 13.2. The first-order chi connectivity index (χ1) is 12.2. The molecule has 0 fully saturated rings. The molecule has 0 aliphatic carbocycles. The van der Waals surface area contributed by atoms with Crippen LogP contribution in [-0.2, 0) is 0 Å². The summed E-state index contributed by atoms with van der Waals surface area (Å²) in [6, 6.07) is 0.484. The maximum absolute atomic E-state index is 12.5. The minimum atomic E-state index is -6.00. The van der Waals surface area contributed by atoms with Gasteiger partial charge in [-0.1, -0.05) is 0 Å². The maximum Gasteiger partial charge on any atom is 0.434 e. The zero-order valence-electron chi connectivity index (χ0n) is 13.2. The molecule has 3 nitrogen and oxygen atoms in total. The third kappa shape index (κ3) is 5.89. The van der Waals surface area contributed by atoms with Crippen molar-refractivity contribution < 1.29 is 62.2 Å². The molecule has 1 aromatic rings. The van der Waals surface area contributed by atoms with Crippen molar-refractivity contribution in [2.75, 3.05) is 5.73 Å². The van der Waals surface area contributed by atoms with Gasteiger partial charge in [-0.15, -0.1) is 0 Å². The maximum atomic E-state index is 12.5. The number of rotatable bonds is 4. The SMILES string of the molecule is Cc1cc(N)c(OC(C(F)(F)F)C(F)(F)F)cc1OC(C(F)(F)F)C(F)(F)F. The van der Waals surface area contributed by atoms with E-state index in [4.69, 9.17) is 5.73 Å². The largest absolute Gasteiger partial charge is 0.471 e. The van der Waals surface area contributed by atoms with Crippen LogP contribution in [0.5, 0.6) is 11.5 Å². The monoisotopic (exact) mass is 439 g/mol. The lowest BCUT2D eigenvalue weighted by atomic mass is 10.1. The van der Waals surface area contributed by atoms with E-state index in [-0.39, 0.29) is 6.07 Å². The van der Waals surface area contributed by atoms with Gasteiger partial charge in [-0.3, -0.25) is 0 Å². The van der Waals surface area contributed by atoms with Gasteiger partial charge in [0.15, 0.2) is 0 Å². The van der Waals surface area contributed by atoms with E-state index < -0.39 is 59.7 Å². The van der Waals surface area contributed by atoms with E-state index in [9.17, 15) is 52.7 Å². The van der Waals surface area contributed by atoms with E-state index >= 15 is 0 Å². The smallest absolute Gasteiger partial charge is 0.434 e. The van der Waals surface area contributed by atoms with E-state index in [0.29, 0.717) is 6.07 Å². The summed E-state index contributed by atoms with van der Waals surface area (Å²) in [5.74, 6) is -2.80.